The molecule has 2 aliphatic carbocycles. The molecule has 0 spiro atoms. The zero-order valence-corrected chi connectivity index (χ0v) is 12.5. The molecular weight excluding hydrogens is 252 g/mol. The first-order valence-electron chi connectivity index (χ1n) is 7.64. The van der Waals surface area contributed by atoms with Gasteiger partial charge in [0.25, 0.3) is 0 Å². The van der Waals surface area contributed by atoms with Crippen LogP contribution in [0.2, 0.25) is 0 Å². The third kappa shape index (κ3) is 2.75. The molecule has 20 heavy (non-hydrogen) atoms. The molecule has 1 aromatic rings. The molecule has 1 heterocycles. The van der Waals surface area contributed by atoms with E-state index in [1.807, 2.05) is 7.05 Å². The first kappa shape index (κ1) is 13.7. The second kappa shape index (κ2) is 5.24. The van der Waals surface area contributed by atoms with Crippen LogP contribution in [0, 0.1) is 11.8 Å². The Morgan fingerprint density at radius 1 is 1.35 bits per heavy atom. The van der Waals surface area contributed by atoms with E-state index in [0.717, 1.165) is 23.9 Å². The Bertz CT molecular complexity index is 496. The molecule has 5 atom stereocenters. The molecule has 1 amide bonds. The van der Waals surface area contributed by atoms with Crippen LogP contribution in [0.5, 0.6) is 0 Å². The van der Waals surface area contributed by atoms with E-state index in [0.29, 0.717) is 24.4 Å². The molecule has 2 fully saturated rings. The van der Waals surface area contributed by atoms with Crippen molar-refractivity contribution in [2.45, 2.75) is 44.6 Å². The molecule has 1 aromatic heterocycles. The summed E-state index contributed by atoms with van der Waals surface area (Å²) >= 11 is 0. The highest BCUT2D eigenvalue weighted by Crippen LogP contribution is 2.51. The van der Waals surface area contributed by atoms with Crippen LogP contribution in [0.15, 0.2) is 16.5 Å². The first-order valence-corrected chi connectivity index (χ1v) is 7.64. The largest absolute Gasteiger partial charge is 0.465 e. The molecule has 5 unspecified atom stereocenters. The predicted molar refractivity (Wildman–Crippen MR) is 77.6 cm³/mol. The number of hydrogen-bond acceptors (Lipinski definition) is 3. The summed E-state index contributed by atoms with van der Waals surface area (Å²) in [5.41, 5.74) is 0. The number of amides is 1. The van der Waals surface area contributed by atoms with Gasteiger partial charge in [0.15, 0.2) is 0 Å². The van der Waals surface area contributed by atoms with E-state index < -0.39 is 0 Å². The van der Waals surface area contributed by atoms with Gasteiger partial charge in [-0.3, -0.25) is 4.79 Å². The lowest BCUT2D eigenvalue weighted by Gasteiger charge is -2.10. The van der Waals surface area contributed by atoms with Crippen molar-refractivity contribution in [1.29, 1.82) is 0 Å². The zero-order valence-electron chi connectivity index (χ0n) is 12.5. The van der Waals surface area contributed by atoms with Gasteiger partial charge in [0.1, 0.15) is 11.5 Å². The van der Waals surface area contributed by atoms with E-state index in [-0.39, 0.29) is 11.8 Å². The number of carbonyl (C=O) groups is 1. The Balaban J connectivity index is 1.51. The summed E-state index contributed by atoms with van der Waals surface area (Å²) in [7, 11) is 1.90. The van der Waals surface area contributed by atoms with Crippen LogP contribution in [0.1, 0.15) is 50.0 Å². The Labute approximate surface area is 120 Å². The van der Waals surface area contributed by atoms with E-state index in [9.17, 15) is 4.79 Å². The van der Waals surface area contributed by atoms with Gasteiger partial charge in [0, 0.05) is 30.3 Å². The van der Waals surface area contributed by atoms with Crippen molar-refractivity contribution < 1.29 is 9.21 Å². The van der Waals surface area contributed by atoms with Gasteiger partial charge in [0.05, 0.1) is 0 Å². The molecule has 0 aromatic carbocycles. The molecule has 4 nitrogen and oxygen atoms in total. The second-order valence-corrected chi connectivity index (χ2v) is 6.44. The Hall–Kier alpha value is -1.29. The Kier molecular flexibility index (Phi) is 3.59. The number of nitrogens with one attached hydrogen (secondary N) is 2. The van der Waals surface area contributed by atoms with Crippen LogP contribution in [0.25, 0.3) is 0 Å². The monoisotopic (exact) mass is 276 g/mol. The molecule has 110 valence electrons. The Morgan fingerprint density at radius 2 is 2.00 bits per heavy atom. The maximum absolute atomic E-state index is 12.0. The van der Waals surface area contributed by atoms with Gasteiger partial charge < -0.3 is 15.1 Å². The summed E-state index contributed by atoms with van der Waals surface area (Å²) in [5, 5.41) is 6.12. The predicted octanol–water partition coefficient (Wildman–Crippen LogP) is 2.23. The normalized spacial score (nSPS) is 32.8. The van der Waals surface area contributed by atoms with Crippen molar-refractivity contribution in [3.05, 3.63) is 23.7 Å². The van der Waals surface area contributed by atoms with Crippen molar-refractivity contribution in [1.82, 2.24) is 10.6 Å². The molecule has 2 saturated carbocycles. The number of furan rings is 1. The van der Waals surface area contributed by atoms with Crippen LogP contribution in [-0.4, -0.2) is 25.5 Å². The van der Waals surface area contributed by atoms with Crippen LogP contribution in [0.3, 0.4) is 0 Å². The lowest BCUT2D eigenvalue weighted by molar-refractivity contribution is -0.122. The molecule has 0 bridgehead atoms. The van der Waals surface area contributed by atoms with Gasteiger partial charge >= 0.3 is 0 Å². The van der Waals surface area contributed by atoms with E-state index in [2.05, 4.69) is 36.6 Å². The highest BCUT2D eigenvalue weighted by atomic mass is 16.3. The highest BCUT2D eigenvalue weighted by Gasteiger charge is 2.46. The van der Waals surface area contributed by atoms with Crippen molar-refractivity contribution >= 4 is 5.91 Å². The van der Waals surface area contributed by atoms with Crippen molar-refractivity contribution in [3.63, 3.8) is 0 Å². The van der Waals surface area contributed by atoms with Crippen molar-refractivity contribution in [2.75, 3.05) is 13.6 Å². The summed E-state index contributed by atoms with van der Waals surface area (Å²) in [5.74, 6) is 4.05. The minimum atomic E-state index is 0.106. The van der Waals surface area contributed by atoms with Gasteiger partial charge in [-0.1, -0.05) is 6.92 Å². The first-order chi connectivity index (χ1) is 9.60. The maximum Gasteiger partial charge on any atom is 0.223 e. The van der Waals surface area contributed by atoms with Crippen LogP contribution in [0.4, 0.5) is 0 Å². The van der Waals surface area contributed by atoms with Crippen molar-refractivity contribution in [3.8, 4) is 0 Å². The average molecular weight is 276 g/mol. The smallest absolute Gasteiger partial charge is 0.223 e. The SMILES string of the molecule is CNC(C)CNC(=O)C1CC1c1ccc(C2CC2C)o1. The van der Waals surface area contributed by atoms with E-state index in [4.69, 9.17) is 4.42 Å². The van der Waals surface area contributed by atoms with Gasteiger partial charge in [-0.15, -0.1) is 0 Å². The van der Waals surface area contributed by atoms with Crippen LogP contribution in [-0.2, 0) is 4.79 Å². The van der Waals surface area contributed by atoms with Gasteiger partial charge in [0.2, 0.25) is 5.91 Å². The molecule has 3 rings (SSSR count). The topological polar surface area (TPSA) is 54.3 Å². The third-order valence-corrected chi connectivity index (χ3v) is 4.69. The van der Waals surface area contributed by atoms with E-state index in [1.54, 1.807) is 0 Å². The molecule has 2 N–H and O–H groups in total. The lowest BCUT2D eigenvalue weighted by Crippen LogP contribution is -2.37. The fourth-order valence-electron chi connectivity index (χ4n) is 2.77. The second-order valence-electron chi connectivity index (χ2n) is 6.44. The number of carbonyl (C=O) groups excluding carboxylic acids is 1. The summed E-state index contributed by atoms with van der Waals surface area (Å²) in [4.78, 5) is 12.0. The Morgan fingerprint density at radius 3 is 2.60 bits per heavy atom. The summed E-state index contributed by atoms with van der Waals surface area (Å²) < 4.78 is 5.94. The average Bonchev–Trinajstić information content (AvgIpc) is 3.34. The van der Waals surface area contributed by atoms with Crippen molar-refractivity contribution in [2.24, 2.45) is 11.8 Å². The molecule has 0 radical (unpaired) electrons. The summed E-state index contributed by atoms with van der Waals surface area (Å²) in [6.07, 6.45) is 2.16. The molecule has 4 heteroatoms. The number of rotatable bonds is 6. The zero-order chi connectivity index (χ0) is 14.3. The third-order valence-electron chi connectivity index (χ3n) is 4.69. The minimum Gasteiger partial charge on any atom is -0.465 e. The summed E-state index contributed by atoms with van der Waals surface area (Å²) in [6, 6.07) is 4.47. The standard InChI is InChI=1S/C16H24N2O2/c1-9-6-11(9)14-4-5-15(20-14)12-7-13(12)16(19)18-8-10(2)17-3/h4-5,9-13,17H,6-8H2,1-3H3,(H,18,19). The van der Waals surface area contributed by atoms with Gasteiger partial charge in [-0.2, -0.15) is 0 Å². The van der Waals surface area contributed by atoms with Gasteiger partial charge in [-0.05, 0) is 44.9 Å². The molecule has 2 aliphatic rings. The lowest BCUT2D eigenvalue weighted by atomic mass is 10.2. The molecular formula is C16H24N2O2. The fraction of sp³-hybridized carbons (Fsp3) is 0.688. The summed E-state index contributed by atoms with van der Waals surface area (Å²) in [6.45, 7) is 4.99. The molecule has 0 aliphatic heterocycles. The minimum absolute atomic E-state index is 0.106. The number of hydrogen-bond donors (Lipinski definition) is 2. The van der Waals surface area contributed by atoms with E-state index in [1.165, 1.54) is 6.42 Å². The quantitative estimate of drug-likeness (QED) is 0.837. The van der Waals surface area contributed by atoms with E-state index >= 15 is 0 Å². The van der Waals surface area contributed by atoms with Gasteiger partial charge in [-0.25, -0.2) is 0 Å². The fourth-order valence-corrected chi connectivity index (χ4v) is 2.77. The van der Waals surface area contributed by atoms with Crippen LogP contribution < -0.4 is 10.6 Å². The highest BCUT2D eigenvalue weighted by molar-refractivity contribution is 5.82. The molecule has 0 saturated heterocycles. The number of likely N-dealkylation sites (N-methyl/N-ethyl adjacent to an activating group) is 1. The maximum atomic E-state index is 12.0. The van der Waals surface area contributed by atoms with Crippen LogP contribution >= 0.6 is 0 Å².